The van der Waals surface area contributed by atoms with Gasteiger partial charge in [-0.2, -0.15) is 0 Å². The number of hydrogen-bond acceptors (Lipinski definition) is 5. The van der Waals surface area contributed by atoms with Crippen LogP contribution in [0.15, 0.2) is 54.7 Å². The van der Waals surface area contributed by atoms with Gasteiger partial charge in [-0.1, -0.05) is 18.2 Å². The monoisotopic (exact) mass is 511 g/mol. The van der Waals surface area contributed by atoms with Crippen molar-refractivity contribution in [2.75, 3.05) is 38.5 Å². The number of pyridine rings is 1. The molecule has 5 rings (SSSR count). The van der Waals surface area contributed by atoms with E-state index in [1.165, 1.54) is 6.07 Å². The number of carbonyl (C=O) groups excluding carboxylic acids is 1. The number of nitrogens with two attached hydrogens (primary N) is 1. The Morgan fingerprint density at radius 3 is 2.24 bits per heavy atom. The van der Waals surface area contributed by atoms with Crippen molar-refractivity contribution in [1.82, 2.24) is 14.8 Å². The Bertz CT molecular complexity index is 1280. The molecule has 3 heterocycles. The fourth-order valence-corrected chi connectivity index (χ4v) is 5.55. The van der Waals surface area contributed by atoms with E-state index < -0.39 is 23.3 Å². The fraction of sp³-hybridized carbons (Fsp3) is 0.333. The minimum Gasteiger partial charge on any atom is -0.383 e. The van der Waals surface area contributed by atoms with Crippen LogP contribution in [-0.4, -0.2) is 59.1 Å². The highest BCUT2D eigenvalue weighted by molar-refractivity contribution is 5.89. The lowest BCUT2D eigenvalue weighted by Crippen LogP contribution is -2.66. The largest absolute Gasteiger partial charge is 0.383 e. The number of urea groups is 1. The average molecular weight is 512 g/mol. The maximum Gasteiger partial charge on any atom is 0.321 e. The molecule has 194 valence electrons. The first-order chi connectivity index (χ1) is 17.7. The molecular weight excluding hydrogens is 483 g/mol. The number of benzene rings is 2. The lowest BCUT2D eigenvalue weighted by molar-refractivity contribution is -0.155. The number of aliphatic hydroxyl groups is 1. The summed E-state index contributed by atoms with van der Waals surface area (Å²) in [4.78, 5) is 21.2. The number of rotatable bonds is 4. The standard InChI is InChI=1S/C27H28F3N5O2/c1-34-12-19-14-35(26(36)33-23-8-21(28)7-22(29)9-23)15-20(13-34)27(19,37)25-5-4-18(11-32-25)16-2-3-17(10-31)24(30)6-16/h2-9,11,19-20,37H,10,12-15,31H2,1H3,(H,33,36)/t19-,20+,27+. The van der Waals surface area contributed by atoms with E-state index in [1.54, 1.807) is 35.4 Å². The normalized spacial score (nSPS) is 23.7. The lowest BCUT2D eigenvalue weighted by Gasteiger charge is -2.54. The molecule has 0 radical (unpaired) electrons. The molecule has 2 bridgehead atoms. The molecule has 2 amide bonds. The molecule has 1 aromatic heterocycles. The first kappa shape index (κ1) is 25.2. The molecule has 4 N–H and O–H groups in total. The first-order valence-corrected chi connectivity index (χ1v) is 12.1. The Labute approximate surface area is 212 Å². The molecule has 0 saturated carbocycles. The number of amides is 2. The zero-order chi connectivity index (χ0) is 26.3. The predicted molar refractivity (Wildman–Crippen MR) is 133 cm³/mol. The number of aromatic nitrogens is 1. The highest BCUT2D eigenvalue weighted by Crippen LogP contribution is 2.44. The number of piperidine rings is 2. The topological polar surface area (TPSA) is 94.7 Å². The van der Waals surface area contributed by atoms with Crippen molar-refractivity contribution in [3.05, 3.63) is 83.4 Å². The third-order valence-electron chi connectivity index (χ3n) is 7.37. The van der Waals surface area contributed by atoms with E-state index >= 15 is 0 Å². The summed E-state index contributed by atoms with van der Waals surface area (Å²) < 4.78 is 41.3. The zero-order valence-electron chi connectivity index (χ0n) is 20.3. The van der Waals surface area contributed by atoms with Gasteiger partial charge in [0.05, 0.1) is 5.69 Å². The van der Waals surface area contributed by atoms with Crippen molar-refractivity contribution in [1.29, 1.82) is 0 Å². The van der Waals surface area contributed by atoms with Gasteiger partial charge in [0.15, 0.2) is 0 Å². The number of nitrogens with one attached hydrogen (secondary N) is 1. The highest BCUT2D eigenvalue weighted by atomic mass is 19.1. The van der Waals surface area contributed by atoms with Crippen LogP contribution < -0.4 is 11.1 Å². The maximum absolute atomic E-state index is 14.2. The molecule has 0 spiro atoms. The molecule has 3 aromatic rings. The molecular formula is C27H28F3N5O2. The summed E-state index contributed by atoms with van der Waals surface area (Å²) in [5.41, 5.74) is 6.58. The lowest BCUT2D eigenvalue weighted by atomic mass is 9.68. The molecule has 2 saturated heterocycles. The van der Waals surface area contributed by atoms with Crippen molar-refractivity contribution >= 4 is 11.7 Å². The summed E-state index contributed by atoms with van der Waals surface area (Å²) in [7, 11) is 1.96. The Morgan fingerprint density at radius 1 is 1.03 bits per heavy atom. The van der Waals surface area contributed by atoms with Crippen LogP contribution in [0.1, 0.15) is 11.3 Å². The molecule has 0 unspecified atom stereocenters. The second-order valence-electron chi connectivity index (χ2n) is 9.88. The maximum atomic E-state index is 14.2. The number of halogens is 3. The van der Waals surface area contributed by atoms with E-state index in [2.05, 4.69) is 15.2 Å². The molecule has 2 aliphatic rings. The summed E-state index contributed by atoms with van der Waals surface area (Å²) in [5.74, 6) is -2.64. The van der Waals surface area contributed by atoms with Gasteiger partial charge in [0.2, 0.25) is 0 Å². The molecule has 7 nitrogen and oxygen atoms in total. The smallest absolute Gasteiger partial charge is 0.321 e. The van der Waals surface area contributed by atoms with Crippen molar-refractivity contribution in [2.24, 2.45) is 17.6 Å². The van der Waals surface area contributed by atoms with Gasteiger partial charge < -0.3 is 26.0 Å². The average Bonchev–Trinajstić information content (AvgIpc) is 2.84. The summed E-state index contributed by atoms with van der Waals surface area (Å²) in [6.45, 7) is 1.63. The number of nitrogens with zero attached hydrogens (tertiary/aromatic N) is 3. The molecule has 2 aromatic carbocycles. The molecule has 2 aliphatic heterocycles. The summed E-state index contributed by atoms with van der Waals surface area (Å²) in [5, 5.41) is 14.5. The summed E-state index contributed by atoms with van der Waals surface area (Å²) in [6.07, 6.45) is 1.61. The summed E-state index contributed by atoms with van der Waals surface area (Å²) >= 11 is 0. The van der Waals surface area contributed by atoms with Gasteiger partial charge in [0.1, 0.15) is 23.1 Å². The Hall–Kier alpha value is -3.47. The Kier molecular flexibility index (Phi) is 6.65. The number of anilines is 1. The minimum atomic E-state index is -1.28. The van der Waals surface area contributed by atoms with Crippen molar-refractivity contribution in [3.8, 4) is 11.1 Å². The van der Waals surface area contributed by atoms with E-state index in [0.717, 1.165) is 18.2 Å². The third-order valence-corrected chi connectivity index (χ3v) is 7.37. The Balaban J connectivity index is 1.37. The zero-order valence-corrected chi connectivity index (χ0v) is 20.3. The predicted octanol–water partition coefficient (Wildman–Crippen LogP) is 3.54. The van der Waals surface area contributed by atoms with Gasteiger partial charge >= 0.3 is 6.03 Å². The van der Waals surface area contributed by atoms with Crippen LogP contribution in [0, 0.1) is 29.3 Å². The summed E-state index contributed by atoms with van der Waals surface area (Å²) in [6, 6.07) is 10.7. The van der Waals surface area contributed by atoms with Crippen molar-refractivity contribution < 1.29 is 23.1 Å². The van der Waals surface area contributed by atoms with Gasteiger partial charge in [-0.25, -0.2) is 18.0 Å². The van der Waals surface area contributed by atoms with Crippen molar-refractivity contribution in [2.45, 2.75) is 12.1 Å². The van der Waals surface area contributed by atoms with Crippen LogP contribution in [0.5, 0.6) is 0 Å². The number of carbonyl (C=O) groups is 1. The SMILES string of the molecule is CN1C[C@@H]2CN(C(=O)Nc3cc(F)cc(F)c3)C[C@H](C1)[C@]2(O)c1ccc(-c2ccc(CN)c(F)c2)cn1. The van der Waals surface area contributed by atoms with Crippen LogP contribution >= 0.6 is 0 Å². The van der Waals surface area contributed by atoms with Crippen LogP contribution in [0.4, 0.5) is 23.7 Å². The number of fused-ring (bicyclic) bond motifs is 2. The quantitative estimate of drug-likeness (QED) is 0.498. The molecule has 10 heteroatoms. The molecule has 37 heavy (non-hydrogen) atoms. The minimum absolute atomic E-state index is 0.0267. The van der Waals surface area contributed by atoms with Crippen LogP contribution in [0.3, 0.4) is 0 Å². The van der Waals surface area contributed by atoms with E-state index in [1.807, 2.05) is 7.05 Å². The van der Waals surface area contributed by atoms with E-state index in [0.29, 0.717) is 35.5 Å². The fourth-order valence-electron chi connectivity index (χ4n) is 5.55. The number of likely N-dealkylation sites (tertiary alicyclic amines) is 2. The second kappa shape index (κ2) is 9.77. The third kappa shape index (κ3) is 4.79. The molecule has 0 aliphatic carbocycles. The second-order valence-corrected chi connectivity index (χ2v) is 9.88. The highest BCUT2D eigenvalue weighted by Gasteiger charge is 2.54. The number of hydrogen-bond donors (Lipinski definition) is 3. The van der Waals surface area contributed by atoms with Gasteiger partial charge in [0, 0.05) is 73.6 Å². The van der Waals surface area contributed by atoms with E-state index in [4.69, 9.17) is 5.73 Å². The Morgan fingerprint density at radius 2 is 1.68 bits per heavy atom. The van der Waals surface area contributed by atoms with Crippen molar-refractivity contribution in [3.63, 3.8) is 0 Å². The van der Waals surface area contributed by atoms with Gasteiger partial charge in [-0.3, -0.25) is 4.98 Å². The van der Waals surface area contributed by atoms with E-state index in [-0.39, 0.29) is 43.0 Å². The molecule has 3 atom stereocenters. The van der Waals surface area contributed by atoms with Gasteiger partial charge in [0.25, 0.3) is 0 Å². The van der Waals surface area contributed by atoms with Gasteiger partial charge in [-0.05, 0) is 36.9 Å². The first-order valence-electron chi connectivity index (χ1n) is 12.1. The van der Waals surface area contributed by atoms with Crippen LogP contribution in [-0.2, 0) is 12.1 Å². The molecule has 2 fully saturated rings. The van der Waals surface area contributed by atoms with E-state index in [9.17, 15) is 23.1 Å². The van der Waals surface area contributed by atoms with Crippen LogP contribution in [0.25, 0.3) is 11.1 Å². The van der Waals surface area contributed by atoms with Crippen LogP contribution in [0.2, 0.25) is 0 Å². The van der Waals surface area contributed by atoms with Gasteiger partial charge in [-0.15, -0.1) is 0 Å².